The average molecular weight is 395 g/mol. The summed E-state index contributed by atoms with van der Waals surface area (Å²) in [5, 5.41) is 0. The summed E-state index contributed by atoms with van der Waals surface area (Å²) in [5.74, 6) is 0.0894. The molecule has 1 aromatic rings. The molecular formula is C17H23BrN4O2. The van der Waals surface area contributed by atoms with Crippen LogP contribution >= 0.6 is 15.9 Å². The average Bonchev–Trinajstić information content (AvgIpc) is 2.57. The normalized spacial score (nSPS) is 30.8. The fourth-order valence-electron chi connectivity index (χ4n) is 4.09. The van der Waals surface area contributed by atoms with Crippen LogP contribution in [0.5, 0.6) is 0 Å². The Morgan fingerprint density at radius 3 is 1.88 bits per heavy atom. The van der Waals surface area contributed by atoms with Crippen molar-refractivity contribution in [3.63, 3.8) is 0 Å². The molecule has 7 heteroatoms. The van der Waals surface area contributed by atoms with Crippen LogP contribution in [0.15, 0.2) is 28.7 Å². The number of hydrogen-bond donors (Lipinski definition) is 0. The third-order valence-electron chi connectivity index (χ3n) is 5.51. The summed E-state index contributed by atoms with van der Waals surface area (Å²) in [5.41, 5.74) is 1.08. The van der Waals surface area contributed by atoms with Gasteiger partial charge in [-0.1, -0.05) is 28.1 Å². The highest BCUT2D eigenvalue weighted by Crippen LogP contribution is 2.43. The van der Waals surface area contributed by atoms with Gasteiger partial charge in [0.05, 0.1) is 6.04 Å². The van der Waals surface area contributed by atoms with Crippen molar-refractivity contribution in [1.29, 1.82) is 0 Å². The minimum Gasteiger partial charge on any atom is -0.324 e. The van der Waals surface area contributed by atoms with Gasteiger partial charge in [-0.2, -0.15) is 0 Å². The highest BCUT2D eigenvalue weighted by molar-refractivity contribution is 9.10. The lowest BCUT2D eigenvalue weighted by atomic mass is 9.80. The minimum absolute atomic E-state index is 0.0188. The number of amides is 4. The van der Waals surface area contributed by atoms with Gasteiger partial charge >= 0.3 is 12.1 Å². The first-order valence-electron chi connectivity index (χ1n) is 8.00. The van der Waals surface area contributed by atoms with E-state index in [1.165, 1.54) is 0 Å². The molecule has 0 aromatic heterocycles. The second-order valence-electron chi connectivity index (χ2n) is 6.74. The topological polar surface area (TPSA) is 47.1 Å². The van der Waals surface area contributed by atoms with E-state index in [9.17, 15) is 9.59 Å². The van der Waals surface area contributed by atoms with Gasteiger partial charge in [0.1, 0.15) is 6.17 Å². The van der Waals surface area contributed by atoms with Gasteiger partial charge in [-0.3, -0.25) is 0 Å². The van der Waals surface area contributed by atoms with Gasteiger partial charge in [0.15, 0.2) is 0 Å². The Balaban J connectivity index is 2.11. The van der Waals surface area contributed by atoms with Crippen LogP contribution in [0.1, 0.15) is 18.5 Å². The lowest BCUT2D eigenvalue weighted by Gasteiger charge is -2.57. The van der Waals surface area contributed by atoms with E-state index in [1.807, 2.05) is 38.4 Å². The minimum atomic E-state index is -0.249. The molecule has 6 nitrogen and oxygen atoms in total. The van der Waals surface area contributed by atoms with Crippen molar-refractivity contribution in [3.05, 3.63) is 34.3 Å². The number of hydrogen-bond acceptors (Lipinski definition) is 2. The SMILES string of the molecule is C[C@@H]1[C@H]2[C@@H](N(C)C(=O)N1C)N(C)C(=O)N(C)[C@H]2c1ccc(Br)cc1. The van der Waals surface area contributed by atoms with E-state index < -0.39 is 0 Å². The number of urea groups is 2. The van der Waals surface area contributed by atoms with Gasteiger partial charge in [-0.25, -0.2) is 9.59 Å². The zero-order chi connectivity index (χ0) is 17.8. The number of carbonyl (C=O) groups is 2. The molecule has 4 atom stereocenters. The number of benzene rings is 1. The molecule has 24 heavy (non-hydrogen) atoms. The smallest absolute Gasteiger partial charge is 0.321 e. The number of rotatable bonds is 1. The second-order valence-corrected chi connectivity index (χ2v) is 7.65. The molecule has 1 aromatic carbocycles. The van der Waals surface area contributed by atoms with Crippen LogP contribution in [0.2, 0.25) is 0 Å². The Kier molecular flexibility index (Phi) is 4.23. The van der Waals surface area contributed by atoms with Crippen molar-refractivity contribution in [2.75, 3.05) is 28.2 Å². The summed E-state index contributed by atoms with van der Waals surface area (Å²) >= 11 is 3.46. The van der Waals surface area contributed by atoms with Gasteiger partial charge in [-0.15, -0.1) is 0 Å². The van der Waals surface area contributed by atoms with Crippen LogP contribution in [0.4, 0.5) is 9.59 Å². The predicted molar refractivity (Wildman–Crippen MR) is 95.5 cm³/mol. The summed E-state index contributed by atoms with van der Waals surface area (Å²) in [6, 6.07) is 7.89. The number of carbonyl (C=O) groups excluding carboxylic acids is 2. The molecule has 2 aliphatic rings. The summed E-state index contributed by atoms with van der Waals surface area (Å²) < 4.78 is 1.01. The molecule has 0 bridgehead atoms. The maximum atomic E-state index is 12.8. The molecule has 4 amide bonds. The van der Waals surface area contributed by atoms with E-state index in [-0.39, 0.29) is 36.2 Å². The molecule has 0 saturated carbocycles. The number of fused-ring (bicyclic) bond motifs is 1. The first-order chi connectivity index (χ1) is 11.3. The quantitative estimate of drug-likeness (QED) is 0.734. The molecule has 2 aliphatic heterocycles. The van der Waals surface area contributed by atoms with E-state index in [1.54, 1.807) is 33.7 Å². The fraction of sp³-hybridized carbons (Fsp3) is 0.529. The lowest BCUT2D eigenvalue weighted by Crippen LogP contribution is -2.71. The highest BCUT2D eigenvalue weighted by atomic mass is 79.9. The predicted octanol–water partition coefficient (Wildman–Crippen LogP) is 2.82. The van der Waals surface area contributed by atoms with Crippen LogP contribution in [0.25, 0.3) is 0 Å². The van der Waals surface area contributed by atoms with Crippen LogP contribution < -0.4 is 0 Å². The molecule has 2 fully saturated rings. The largest absolute Gasteiger partial charge is 0.324 e. The Morgan fingerprint density at radius 1 is 0.833 bits per heavy atom. The molecule has 0 spiro atoms. The molecule has 0 aliphatic carbocycles. The molecule has 0 N–H and O–H groups in total. The first-order valence-corrected chi connectivity index (χ1v) is 8.79. The second kappa shape index (κ2) is 5.95. The zero-order valence-electron chi connectivity index (χ0n) is 14.6. The lowest BCUT2D eigenvalue weighted by molar-refractivity contribution is -0.0652. The third kappa shape index (κ3) is 2.37. The van der Waals surface area contributed by atoms with Gasteiger partial charge in [-0.05, 0) is 24.6 Å². The molecule has 2 saturated heterocycles. The van der Waals surface area contributed by atoms with E-state index in [0.717, 1.165) is 10.0 Å². The standard InChI is InChI=1S/C17H23BrN4O2/c1-10-13-14(11-6-8-12(18)9-7-11)20(3)17(24)22(5)15(13)21(4)16(23)19(10)2/h6-10,13-15H,1-5H3/t10-,13-,14+,15+/m1/s1. The summed E-state index contributed by atoms with van der Waals surface area (Å²) in [6.07, 6.45) is -0.249. The summed E-state index contributed by atoms with van der Waals surface area (Å²) in [7, 11) is 7.21. The van der Waals surface area contributed by atoms with Gasteiger partial charge in [0.2, 0.25) is 0 Å². The fourth-order valence-corrected chi connectivity index (χ4v) is 4.36. The molecule has 3 rings (SSSR count). The first kappa shape index (κ1) is 17.1. The van der Waals surface area contributed by atoms with Crippen LogP contribution in [0.3, 0.4) is 0 Å². The van der Waals surface area contributed by atoms with Crippen molar-refractivity contribution in [2.24, 2.45) is 5.92 Å². The van der Waals surface area contributed by atoms with Crippen molar-refractivity contribution < 1.29 is 9.59 Å². The maximum Gasteiger partial charge on any atom is 0.321 e. The number of halogens is 1. The van der Waals surface area contributed by atoms with E-state index in [2.05, 4.69) is 22.9 Å². The van der Waals surface area contributed by atoms with Crippen molar-refractivity contribution in [1.82, 2.24) is 19.6 Å². The van der Waals surface area contributed by atoms with Crippen molar-refractivity contribution >= 4 is 28.0 Å². The Hall–Kier alpha value is -1.76. The Labute approximate surface area is 151 Å². The van der Waals surface area contributed by atoms with Crippen LogP contribution in [0, 0.1) is 5.92 Å². The van der Waals surface area contributed by atoms with Crippen LogP contribution in [-0.2, 0) is 0 Å². The summed E-state index contributed by atoms with van der Waals surface area (Å²) in [6.45, 7) is 2.06. The van der Waals surface area contributed by atoms with Crippen LogP contribution in [-0.4, -0.2) is 72.1 Å². The Bertz CT molecular complexity index is 661. The molecular weight excluding hydrogens is 372 g/mol. The van der Waals surface area contributed by atoms with Gasteiger partial charge < -0.3 is 19.6 Å². The Morgan fingerprint density at radius 2 is 1.33 bits per heavy atom. The maximum absolute atomic E-state index is 12.8. The van der Waals surface area contributed by atoms with Gasteiger partial charge in [0.25, 0.3) is 0 Å². The van der Waals surface area contributed by atoms with E-state index >= 15 is 0 Å². The molecule has 0 radical (unpaired) electrons. The highest BCUT2D eigenvalue weighted by Gasteiger charge is 2.53. The third-order valence-corrected chi connectivity index (χ3v) is 6.03. The molecule has 130 valence electrons. The molecule has 0 unspecified atom stereocenters. The van der Waals surface area contributed by atoms with Crippen molar-refractivity contribution in [2.45, 2.75) is 25.2 Å². The summed E-state index contributed by atoms with van der Waals surface area (Å²) in [4.78, 5) is 32.2. The van der Waals surface area contributed by atoms with Gasteiger partial charge in [0, 0.05) is 44.6 Å². The van der Waals surface area contributed by atoms with E-state index in [4.69, 9.17) is 0 Å². The zero-order valence-corrected chi connectivity index (χ0v) is 16.2. The number of nitrogens with zero attached hydrogens (tertiary/aromatic N) is 4. The van der Waals surface area contributed by atoms with Crippen molar-refractivity contribution in [3.8, 4) is 0 Å². The monoisotopic (exact) mass is 394 g/mol. The van der Waals surface area contributed by atoms with E-state index in [0.29, 0.717) is 0 Å². The molecule has 2 heterocycles.